The summed E-state index contributed by atoms with van der Waals surface area (Å²) in [7, 11) is 0. The predicted molar refractivity (Wildman–Crippen MR) is 159 cm³/mol. The molecule has 0 bridgehead atoms. The molecule has 0 saturated heterocycles. The molecule has 1 aromatic heterocycles. The van der Waals surface area contributed by atoms with Gasteiger partial charge in [0.25, 0.3) is 0 Å². The number of benzene rings is 6. The zero-order valence-corrected chi connectivity index (χ0v) is 20.9. The third kappa shape index (κ3) is 3.24. The molecule has 180 valence electrons. The highest BCUT2D eigenvalue weighted by atomic mass is 35.5. The molecular formula is C33H20ClN3O. The average Bonchev–Trinajstić information content (AvgIpc) is 3.32. The number of rotatable bonds is 2. The molecule has 1 atom stereocenters. The number of halogens is 1. The molecule has 0 fully saturated rings. The van der Waals surface area contributed by atoms with Gasteiger partial charge in [-0.25, -0.2) is 9.98 Å². The molecule has 0 amide bonds. The van der Waals surface area contributed by atoms with E-state index in [1.807, 2.05) is 24.3 Å². The van der Waals surface area contributed by atoms with Crippen LogP contribution in [-0.4, -0.2) is 17.3 Å². The smallest absolute Gasteiger partial charge is 0.198 e. The van der Waals surface area contributed by atoms with Gasteiger partial charge in [-0.1, -0.05) is 96.5 Å². The first-order chi connectivity index (χ1) is 18.7. The van der Waals surface area contributed by atoms with Crippen molar-refractivity contribution in [3.05, 3.63) is 120 Å². The molecule has 0 saturated carbocycles. The molecule has 0 spiro atoms. The topological polar surface area (TPSA) is 49.9 Å². The number of para-hydroxylation sites is 1. The highest BCUT2D eigenvalue weighted by Gasteiger charge is 2.23. The average molecular weight is 510 g/mol. The van der Waals surface area contributed by atoms with Crippen LogP contribution in [0.3, 0.4) is 0 Å². The molecule has 0 aliphatic carbocycles. The van der Waals surface area contributed by atoms with Crippen molar-refractivity contribution >= 4 is 77.5 Å². The maximum absolute atomic E-state index is 6.67. The number of aliphatic imine (C=N–C) groups is 2. The molecule has 6 aromatic carbocycles. The van der Waals surface area contributed by atoms with Crippen molar-refractivity contribution in [1.82, 2.24) is 5.32 Å². The third-order valence-electron chi connectivity index (χ3n) is 7.34. The van der Waals surface area contributed by atoms with Crippen molar-refractivity contribution in [3.63, 3.8) is 0 Å². The van der Waals surface area contributed by atoms with Crippen LogP contribution in [0, 0.1) is 0 Å². The summed E-state index contributed by atoms with van der Waals surface area (Å²) in [4.78, 5) is 9.71. The Morgan fingerprint density at radius 2 is 1.29 bits per heavy atom. The first-order valence-corrected chi connectivity index (χ1v) is 13.0. The van der Waals surface area contributed by atoms with E-state index >= 15 is 0 Å². The molecule has 1 unspecified atom stereocenters. The van der Waals surface area contributed by atoms with E-state index in [9.17, 15) is 0 Å². The van der Waals surface area contributed by atoms with E-state index in [1.54, 1.807) is 0 Å². The number of hydrogen-bond acceptors (Lipinski definition) is 4. The van der Waals surface area contributed by atoms with Gasteiger partial charge in [-0.2, -0.15) is 0 Å². The number of amidine groups is 2. The molecule has 1 aliphatic heterocycles. The Kier molecular flexibility index (Phi) is 4.60. The van der Waals surface area contributed by atoms with Gasteiger partial charge in [-0.3, -0.25) is 0 Å². The van der Waals surface area contributed by atoms with E-state index in [4.69, 9.17) is 26.0 Å². The predicted octanol–water partition coefficient (Wildman–Crippen LogP) is 8.36. The molecule has 0 radical (unpaired) electrons. The highest BCUT2D eigenvalue weighted by Crippen LogP contribution is 2.35. The second-order valence-corrected chi connectivity index (χ2v) is 9.98. The SMILES string of the molecule is ClC1N=C(c2cc3ccccc3c3ccccc23)N=C(c2cccc3c2oc2cc4ccccc4cc23)N1. The summed E-state index contributed by atoms with van der Waals surface area (Å²) in [6.45, 7) is 0. The summed E-state index contributed by atoms with van der Waals surface area (Å²) in [5.41, 5.74) is 2.76. The minimum atomic E-state index is -0.662. The van der Waals surface area contributed by atoms with Crippen LogP contribution in [0.4, 0.5) is 0 Å². The van der Waals surface area contributed by atoms with Crippen LogP contribution in [0.1, 0.15) is 11.1 Å². The fourth-order valence-electron chi connectivity index (χ4n) is 5.60. The van der Waals surface area contributed by atoms with Gasteiger partial charge in [-0.15, -0.1) is 0 Å². The van der Waals surface area contributed by atoms with Crippen LogP contribution >= 0.6 is 11.6 Å². The summed E-state index contributed by atoms with van der Waals surface area (Å²) < 4.78 is 6.45. The normalized spacial score (nSPS) is 15.8. The number of furan rings is 1. The molecule has 4 nitrogen and oxygen atoms in total. The number of hydrogen-bond donors (Lipinski definition) is 1. The number of nitrogens with zero attached hydrogens (tertiary/aromatic N) is 2. The second-order valence-electron chi connectivity index (χ2n) is 9.56. The van der Waals surface area contributed by atoms with Crippen molar-refractivity contribution < 1.29 is 4.42 Å². The fourth-order valence-corrected chi connectivity index (χ4v) is 5.79. The Balaban J connectivity index is 1.34. The number of nitrogens with one attached hydrogen (secondary N) is 1. The van der Waals surface area contributed by atoms with Gasteiger partial charge in [0, 0.05) is 16.3 Å². The molecule has 5 heteroatoms. The Morgan fingerprint density at radius 1 is 0.605 bits per heavy atom. The third-order valence-corrected chi connectivity index (χ3v) is 7.55. The van der Waals surface area contributed by atoms with Gasteiger partial charge < -0.3 is 9.73 Å². The maximum Gasteiger partial charge on any atom is 0.198 e. The lowest BCUT2D eigenvalue weighted by Crippen LogP contribution is -2.35. The lowest BCUT2D eigenvalue weighted by atomic mass is 9.96. The monoisotopic (exact) mass is 509 g/mol. The Bertz CT molecular complexity index is 2140. The van der Waals surface area contributed by atoms with Gasteiger partial charge in [0.15, 0.2) is 11.5 Å². The lowest BCUT2D eigenvalue weighted by molar-refractivity contribution is 0.668. The van der Waals surface area contributed by atoms with Crippen molar-refractivity contribution in [3.8, 4) is 0 Å². The standard InChI is InChI=1S/C33H20ClN3O/c34-33-36-31(26-15-7-14-25-27-16-19-8-1-2-9-20(19)18-29(27)38-30(25)26)35-32(37-33)28-17-21-10-3-4-11-22(21)23-12-5-6-13-24(23)28/h1-18,33H,(H,35,36,37). The Morgan fingerprint density at radius 3 is 2.13 bits per heavy atom. The van der Waals surface area contributed by atoms with E-state index in [-0.39, 0.29) is 0 Å². The van der Waals surface area contributed by atoms with E-state index in [0.717, 1.165) is 54.6 Å². The summed E-state index contributed by atoms with van der Waals surface area (Å²) in [5, 5.41) is 12.3. The van der Waals surface area contributed by atoms with Crippen LogP contribution in [0.2, 0.25) is 0 Å². The first kappa shape index (κ1) is 21.4. The summed E-state index contributed by atoms with van der Waals surface area (Å²) in [6.07, 6.45) is 0. The van der Waals surface area contributed by atoms with E-state index in [2.05, 4.69) is 90.2 Å². The highest BCUT2D eigenvalue weighted by molar-refractivity contribution is 6.28. The van der Waals surface area contributed by atoms with Gasteiger partial charge >= 0.3 is 0 Å². The first-order valence-electron chi connectivity index (χ1n) is 12.6. The summed E-state index contributed by atoms with van der Waals surface area (Å²) >= 11 is 6.67. The van der Waals surface area contributed by atoms with Crippen LogP contribution in [0.15, 0.2) is 124 Å². The minimum absolute atomic E-state index is 0.597. The molecule has 8 rings (SSSR count). The second kappa shape index (κ2) is 8.17. The largest absolute Gasteiger partial charge is 0.455 e. The van der Waals surface area contributed by atoms with Crippen molar-refractivity contribution in [2.75, 3.05) is 0 Å². The van der Waals surface area contributed by atoms with Crippen LogP contribution < -0.4 is 5.32 Å². The van der Waals surface area contributed by atoms with Gasteiger partial charge in [0.2, 0.25) is 0 Å². The van der Waals surface area contributed by atoms with Gasteiger partial charge in [0.05, 0.1) is 5.56 Å². The van der Waals surface area contributed by atoms with Crippen molar-refractivity contribution in [2.24, 2.45) is 9.98 Å². The Hall–Kier alpha value is -4.67. The zero-order valence-electron chi connectivity index (χ0n) is 20.2. The summed E-state index contributed by atoms with van der Waals surface area (Å²) in [6, 6.07) is 37.7. The quantitative estimate of drug-likeness (QED) is 0.144. The molecule has 1 N–H and O–H groups in total. The molecule has 38 heavy (non-hydrogen) atoms. The molecule has 7 aromatic rings. The fraction of sp³-hybridized carbons (Fsp3) is 0.0303. The van der Waals surface area contributed by atoms with E-state index in [1.165, 1.54) is 10.8 Å². The molecule has 2 heterocycles. The van der Waals surface area contributed by atoms with E-state index in [0.29, 0.717) is 11.7 Å². The van der Waals surface area contributed by atoms with Crippen LogP contribution in [0.5, 0.6) is 0 Å². The van der Waals surface area contributed by atoms with E-state index < -0.39 is 5.62 Å². The zero-order chi connectivity index (χ0) is 25.2. The molecule has 1 aliphatic rings. The molecular weight excluding hydrogens is 490 g/mol. The summed E-state index contributed by atoms with van der Waals surface area (Å²) in [5.74, 6) is 1.24. The van der Waals surface area contributed by atoms with Gasteiger partial charge in [0.1, 0.15) is 17.0 Å². The maximum atomic E-state index is 6.67. The van der Waals surface area contributed by atoms with Gasteiger partial charge in [-0.05, 0) is 56.6 Å². The van der Waals surface area contributed by atoms with Crippen molar-refractivity contribution in [2.45, 2.75) is 5.62 Å². The number of alkyl halides is 1. The van der Waals surface area contributed by atoms with Crippen molar-refractivity contribution in [1.29, 1.82) is 0 Å². The van der Waals surface area contributed by atoms with Crippen LogP contribution in [0.25, 0.3) is 54.3 Å². The van der Waals surface area contributed by atoms with Crippen LogP contribution in [-0.2, 0) is 0 Å². The Labute approximate surface area is 222 Å². The lowest BCUT2D eigenvalue weighted by Gasteiger charge is -2.20. The minimum Gasteiger partial charge on any atom is -0.455 e. The number of fused-ring (bicyclic) bond motifs is 7.